The number of oxazole rings is 1. The molecule has 10 heavy (non-hydrogen) atoms. The van der Waals surface area contributed by atoms with Gasteiger partial charge in [-0.15, -0.1) is 0 Å². The van der Waals surface area contributed by atoms with Gasteiger partial charge in [0.2, 0.25) is 5.88 Å². The van der Waals surface area contributed by atoms with Crippen molar-refractivity contribution in [2.75, 3.05) is 6.61 Å². The van der Waals surface area contributed by atoms with Crippen LogP contribution in [0.3, 0.4) is 0 Å². The van der Waals surface area contributed by atoms with Crippen LogP contribution in [0, 0.1) is 0 Å². The fourth-order valence-corrected chi connectivity index (χ4v) is 0.630. The van der Waals surface area contributed by atoms with E-state index in [4.69, 9.17) is 10.2 Å². The Morgan fingerprint density at radius 1 is 1.70 bits per heavy atom. The van der Waals surface area contributed by atoms with Crippen molar-refractivity contribution in [3.8, 4) is 5.88 Å². The standard InChI is InChI=1S/C5H7NO4/c7-2-1-6-4(8)3-10-5(6)9/h3,7-8H,1-2H2. The van der Waals surface area contributed by atoms with Crippen molar-refractivity contribution >= 4 is 0 Å². The highest BCUT2D eigenvalue weighted by Crippen LogP contribution is 2.02. The van der Waals surface area contributed by atoms with Crippen LogP contribution in [0.25, 0.3) is 0 Å². The van der Waals surface area contributed by atoms with E-state index in [9.17, 15) is 4.79 Å². The van der Waals surface area contributed by atoms with Crippen LogP contribution in [0.15, 0.2) is 15.5 Å². The van der Waals surface area contributed by atoms with E-state index in [1.807, 2.05) is 0 Å². The van der Waals surface area contributed by atoms with Crippen molar-refractivity contribution in [3.05, 3.63) is 16.8 Å². The summed E-state index contributed by atoms with van der Waals surface area (Å²) in [5.41, 5.74) is 0. The smallest absolute Gasteiger partial charge is 0.421 e. The van der Waals surface area contributed by atoms with Gasteiger partial charge in [0.05, 0.1) is 13.2 Å². The van der Waals surface area contributed by atoms with E-state index in [-0.39, 0.29) is 19.0 Å². The molecule has 5 heteroatoms. The van der Waals surface area contributed by atoms with Gasteiger partial charge in [-0.1, -0.05) is 0 Å². The molecule has 0 aromatic carbocycles. The number of hydrogen-bond acceptors (Lipinski definition) is 4. The van der Waals surface area contributed by atoms with Crippen LogP contribution in [0.5, 0.6) is 5.88 Å². The Bertz CT molecular complexity index is 261. The molecule has 0 aliphatic rings. The minimum absolute atomic E-state index is 0.0567. The average molecular weight is 145 g/mol. The first-order valence-electron chi connectivity index (χ1n) is 2.74. The third kappa shape index (κ3) is 1.03. The van der Waals surface area contributed by atoms with Gasteiger partial charge < -0.3 is 14.6 Å². The molecule has 0 saturated heterocycles. The normalized spacial score (nSPS) is 10.1. The Balaban J connectivity index is 2.99. The van der Waals surface area contributed by atoms with Crippen LogP contribution in [0.4, 0.5) is 0 Å². The number of hydrogen-bond donors (Lipinski definition) is 2. The summed E-state index contributed by atoms with van der Waals surface area (Å²) in [6.45, 7) is -0.145. The molecule has 0 amide bonds. The van der Waals surface area contributed by atoms with E-state index in [0.29, 0.717) is 0 Å². The largest absolute Gasteiger partial charge is 0.492 e. The van der Waals surface area contributed by atoms with E-state index in [1.165, 1.54) is 0 Å². The quantitative estimate of drug-likeness (QED) is 0.567. The first-order chi connectivity index (χ1) is 4.75. The van der Waals surface area contributed by atoms with Gasteiger partial charge in [-0.2, -0.15) is 0 Å². The second-order valence-electron chi connectivity index (χ2n) is 1.74. The second-order valence-corrected chi connectivity index (χ2v) is 1.74. The average Bonchev–Trinajstić information content (AvgIpc) is 2.20. The Hall–Kier alpha value is -1.23. The lowest BCUT2D eigenvalue weighted by Crippen LogP contribution is -2.15. The number of aromatic nitrogens is 1. The first kappa shape index (κ1) is 6.88. The minimum atomic E-state index is -0.661. The van der Waals surface area contributed by atoms with E-state index in [2.05, 4.69) is 4.42 Å². The monoisotopic (exact) mass is 145 g/mol. The van der Waals surface area contributed by atoms with Crippen LogP contribution in [-0.4, -0.2) is 21.4 Å². The summed E-state index contributed by atoms with van der Waals surface area (Å²) in [7, 11) is 0. The topological polar surface area (TPSA) is 75.6 Å². The van der Waals surface area contributed by atoms with Gasteiger partial charge in [0.25, 0.3) is 0 Å². The zero-order valence-corrected chi connectivity index (χ0v) is 5.15. The molecule has 1 heterocycles. The summed E-state index contributed by atoms with van der Waals surface area (Å²) in [5, 5.41) is 17.2. The van der Waals surface area contributed by atoms with Crippen LogP contribution in [0.1, 0.15) is 0 Å². The molecule has 2 N–H and O–H groups in total. The van der Waals surface area contributed by atoms with Gasteiger partial charge >= 0.3 is 5.76 Å². The van der Waals surface area contributed by atoms with Gasteiger partial charge in [-0.05, 0) is 0 Å². The lowest BCUT2D eigenvalue weighted by Gasteiger charge is -1.94. The molecule has 1 aromatic rings. The molecule has 0 aliphatic heterocycles. The molecule has 0 bridgehead atoms. The molecule has 56 valence electrons. The highest BCUT2D eigenvalue weighted by atomic mass is 16.4. The zero-order valence-electron chi connectivity index (χ0n) is 5.15. The number of aromatic hydroxyl groups is 1. The minimum Gasteiger partial charge on any atom is -0.492 e. The van der Waals surface area contributed by atoms with E-state index in [0.717, 1.165) is 10.8 Å². The third-order valence-electron chi connectivity index (χ3n) is 1.09. The summed E-state index contributed by atoms with van der Waals surface area (Å²) in [6, 6.07) is 0. The lowest BCUT2D eigenvalue weighted by molar-refractivity contribution is 0.262. The van der Waals surface area contributed by atoms with Crippen molar-refractivity contribution in [2.24, 2.45) is 0 Å². The summed E-state index contributed by atoms with van der Waals surface area (Å²) in [6.07, 6.45) is 0.929. The lowest BCUT2D eigenvalue weighted by atomic mass is 10.6. The van der Waals surface area contributed by atoms with E-state index < -0.39 is 5.76 Å². The van der Waals surface area contributed by atoms with Crippen LogP contribution in [0.2, 0.25) is 0 Å². The van der Waals surface area contributed by atoms with E-state index >= 15 is 0 Å². The fraction of sp³-hybridized carbons (Fsp3) is 0.400. The van der Waals surface area contributed by atoms with Gasteiger partial charge in [0.1, 0.15) is 0 Å². The van der Waals surface area contributed by atoms with Gasteiger partial charge in [0, 0.05) is 0 Å². The summed E-state index contributed by atoms with van der Waals surface area (Å²) in [5.74, 6) is -0.925. The fourth-order valence-electron chi connectivity index (χ4n) is 0.630. The molecule has 0 saturated carbocycles. The molecule has 1 rings (SSSR count). The van der Waals surface area contributed by atoms with E-state index in [1.54, 1.807) is 0 Å². The summed E-state index contributed by atoms with van der Waals surface area (Å²) >= 11 is 0. The number of nitrogens with zero attached hydrogens (tertiary/aromatic N) is 1. The molecular formula is C5H7NO4. The van der Waals surface area contributed by atoms with Gasteiger partial charge in [-0.25, -0.2) is 9.36 Å². The predicted molar refractivity (Wildman–Crippen MR) is 31.7 cm³/mol. The molecule has 0 atom stereocenters. The third-order valence-corrected chi connectivity index (χ3v) is 1.09. The maximum atomic E-state index is 10.6. The molecule has 0 unspecified atom stereocenters. The highest BCUT2D eigenvalue weighted by molar-refractivity contribution is 4.98. The van der Waals surface area contributed by atoms with Gasteiger partial charge in [-0.3, -0.25) is 0 Å². The molecule has 5 nitrogen and oxygen atoms in total. The molecular weight excluding hydrogens is 138 g/mol. The molecule has 0 aliphatic carbocycles. The van der Waals surface area contributed by atoms with Crippen LogP contribution in [-0.2, 0) is 6.54 Å². The number of aliphatic hydroxyl groups excluding tert-OH is 1. The number of aliphatic hydroxyl groups is 1. The Morgan fingerprint density at radius 3 is 2.80 bits per heavy atom. The SMILES string of the molecule is O=c1occ(O)n1CCO. The Labute approximate surface area is 56.1 Å². The predicted octanol–water partition coefficient (Wildman–Crippen LogP) is -0.861. The summed E-state index contributed by atoms with van der Waals surface area (Å²) in [4.78, 5) is 10.6. The Kier molecular flexibility index (Phi) is 1.77. The van der Waals surface area contributed by atoms with Crippen molar-refractivity contribution < 1.29 is 14.6 Å². The highest BCUT2D eigenvalue weighted by Gasteiger charge is 2.03. The molecule has 1 aromatic heterocycles. The van der Waals surface area contributed by atoms with Crippen LogP contribution < -0.4 is 5.76 Å². The van der Waals surface area contributed by atoms with Gasteiger partial charge in [0.15, 0.2) is 6.26 Å². The maximum Gasteiger partial charge on any atom is 0.421 e. The molecule has 0 radical (unpaired) electrons. The summed E-state index contributed by atoms with van der Waals surface area (Å²) < 4.78 is 5.22. The zero-order chi connectivity index (χ0) is 7.56. The second kappa shape index (κ2) is 2.57. The van der Waals surface area contributed by atoms with Crippen molar-refractivity contribution in [1.82, 2.24) is 4.57 Å². The van der Waals surface area contributed by atoms with Crippen molar-refractivity contribution in [2.45, 2.75) is 6.54 Å². The first-order valence-corrected chi connectivity index (χ1v) is 2.74. The molecule has 0 spiro atoms. The number of rotatable bonds is 2. The van der Waals surface area contributed by atoms with Crippen molar-refractivity contribution in [3.63, 3.8) is 0 Å². The maximum absolute atomic E-state index is 10.6. The molecule has 0 fully saturated rings. The van der Waals surface area contributed by atoms with Crippen LogP contribution >= 0.6 is 0 Å². The Morgan fingerprint density at radius 2 is 2.40 bits per heavy atom. The van der Waals surface area contributed by atoms with Crippen molar-refractivity contribution in [1.29, 1.82) is 0 Å².